The van der Waals surface area contributed by atoms with E-state index in [4.69, 9.17) is 4.98 Å². The first-order chi connectivity index (χ1) is 10.5. The number of fused-ring (bicyclic) bond motifs is 1. The highest BCUT2D eigenvalue weighted by Crippen LogP contribution is 2.38. The van der Waals surface area contributed by atoms with Gasteiger partial charge in [0.05, 0.1) is 5.52 Å². The Balaban J connectivity index is 1.68. The van der Waals surface area contributed by atoms with Crippen molar-refractivity contribution in [2.75, 3.05) is 31.1 Å². The monoisotopic (exact) mass is 295 g/mol. The van der Waals surface area contributed by atoms with Gasteiger partial charge < -0.3 is 10.2 Å². The fourth-order valence-electron chi connectivity index (χ4n) is 3.88. The lowest BCUT2D eigenvalue weighted by atomic mass is 9.74. The first-order valence-corrected chi connectivity index (χ1v) is 8.41. The first kappa shape index (κ1) is 14.0. The normalized spacial score (nSPS) is 19.5. The van der Waals surface area contributed by atoms with Gasteiger partial charge in [-0.3, -0.25) is 4.98 Å². The van der Waals surface area contributed by atoms with Crippen molar-refractivity contribution >= 4 is 16.6 Å². The molecule has 1 aromatic carbocycles. The Morgan fingerprint density at radius 2 is 2.00 bits per heavy atom. The van der Waals surface area contributed by atoms with Gasteiger partial charge in [0.2, 0.25) is 0 Å². The van der Waals surface area contributed by atoms with Crippen LogP contribution in [0.5, 0.6) is 0 Å². The Kier molecular flexibility index (Phi) is 3.15. The Hall–Kier alpha value is -1.61. The van der Waals surface area contributed by atoms with Crippen LogP contribution in [0.3, 0.4) is 0 Å². The molecule has 2 aliphatic heterocycles. The maximum absolute atomic E-state index is 4.72. The van der Waals surface area contributed by atoms with Crippen LogP contribution in [0.1, 0.15) is 25.1 Å². The number of rotatable bonds is 3. The van der Waals surface area contributed by atoms with Crippen molar-refractivity contribution in [3.63, 3.8) is 0 Å². The second-order valence-corrected chi connectivity index (χ2v) is 7.68. The van der Waals surface area contributed by atoms with E-state index in [0.29, 0.717) is 11.3 Å². The van der Waals surface area contributed by atoms with Gasteiger partial charge >= 0.3 is 0 Å². The van der Waals surface area contributed by atoms with E-state index in [2.05, 4.69) is 55.3 Å². The number of hydrogen-bond donors (Lipinski definition) is 1. The van der Waals surface area contributed by atoms with Crippen molar-refractivity contribution in [3.05, 3.63) is 35.5 Å². The van der Waals surface area contributed by atoms with E-state index in [0.717, 1.165) is 17.6 Å². The standard InChI is InChI=1S/C19H25N3/c1-13(2)6-15-7-14(3)21-18-5-4-16(8-17(15)18)22-11-19(12-22)9-20-10-19/h4-5,7-8,13,20H,6,9-12H2,1-3H3. The fourth-order valence-corrected chi connectivity index (χ4v) is 3.88. The minimum Gasteiger partial charge on any atom is -0.370 e. The van der Waals surface area contributed by atoms with Crippen molar-refractivity contribution in [2.45, 2.75) is 27.2 Å². The molecule has 0 radical (unpaired) electrons. The van der Waals surface area contributed by atoms with E-state index < -0.39 is 0 Å². The lowest BCUT2D eigenvalue weighted by Crippen LogP contribution is -2.71. The average molecular weight is 295 g/mol. The molecule has 22 heavy (non-hydrogen) atoms. The van der Waals surface area contributed by atoms with E-state index in [1.54, 1.807) is 0 Å². The van der Waals surface area contributed by atoms with Crippen LogP contribution in [0.2, 0.25) is 0 Å². The molecule has 3 nitrogen and oxygen atoms in total. The highest BCUT2D eigenvalue weighted by molar-refractivity contribution is 5.86. The van der Waals surface area contributed by atoms with Crippen LogP contribution in [0.15, 0.2) is 24.3 Å². The van der Waals surface area contributed by atoms with Gasteiger partial charge in [-0.25, -0.2) is 0 Å². The first-order valence-electron chi connectivity index (χ1n) is 8.41. The van der Waals surface area contributed by atoms with Gasteiger partial charge in [0.15, 0.2) is 0 Å². The second-order valence-electron chi connectivity index (χ2n) is 7.68. The number of hydrogen-bond acceptors (Lipinski definition) is 3. The average Bonchev–Trinajstić information content (AvgIpc) is 2.35. The summed E-state index contributed by atoms with van der Waals surface area (Å²) in [5, 5.41) is 4.74. The molecule has 4 rings (SSSR count). The van der Waals surface area contributed by atoms with Gasteiger partial charge in [0.25, 0.3) is 0 Å². The highest BCUT2D eigenvalue weighted by atomic mass is 15.3. The maximum Gasteiger partial charge on any atom is 0.0709 e. The number of benzene rings is 1. The van der Waals surface area contributed by atoms with Crippen LogP contribution in [0.4, 0.5) is 5.69 Å². The summed E-state index contributed by atoms with van der Waals surface area (Å²) in [6.45, 7) is 11.4. The molecule has 2 aliphatic rings. The lowest BCUT2D eigenvalue weighted by molar-refractivity contribution is 0.121. The van der Waals surface area contributed by atoms with Gasteiger partial charge in [0, 0.05) is 48.4 Å². The fraction of sp³-hybridized carbons (Fsp3) is 0.526. The molecule has 0 amide bonds. The SMILES string of the molecule is Cc1cc(CC(C)C)c2cc(N3CC4(CNC4)C3)ccc2n1. The number of anilines is 1. The van der Waals surface area contributed by atoms with Crippen LogP contribution in [-0.4, -0.2) is 31.2 Å². The summed E-state index contributed by atoms with van der Waals surface area (Å²) in [6, 6.07) is 9.07. The topological polar surface area (TPSA) is 28.2 Å². The number of nitrogens with one attached hydrogen (secondary N) is 1. The molecule has 0 bridgehead atoms. The number of aromatic nitrogens is 1. The molecule has 2 saturated heterocycles. The Bertz CT molecular complexity index is 708. The van der Waals surface area contributed by atoms with Crippen LogP contribution in [-0.2, 0) is 6.42 Å². The molecule has 116 valence electrons. The highest BCUT2D eigenvalue weighted by Gasteiger charge is 2.47. The van der Waals surface area contributed by atoms with Gasteiger partial charge in [-0.1, -0.05) is 13.8 Å². The van der Waals surface area contributed by atoms with E-state index >= 15 is 0 Å². The van der Waals surface area contributed by atoms with Gasteiger partial charge in [-0.15, -0.1) is 0 Å². The molecule has 2 fully saturated rings. The summed E-state index contributed by atoms with van der Waals surface area (Å²) in [4.78, 5) is 7.23. The molecule has 1 spiro atoms. The molecule has 1 N–H and O–H groups in total. The van der Waals surface area contributed by atoms with E-state index in [1.807, 2.05) is 0 Å². The molecular formula is C19H25N3. The molecule has 2 aromatic rings. The molecule has 3 heteroatoms. The molecule has 1 aromatic heterocycles. The van der Waals surface area contributed by atoms with Gasteiger partial charge in [-0.2, -0.15) is 0 Å². The minimum atomic E-state index is 0.571. The largest absolute Gasteiger partial charge is 0.370 e. The van der Waals surface area contributed by atoms with Crippen molar-refractivity contribution in [3.8, 4) is 0 Å². The summed E-state index contributed by atoms with van der Waals surface area (Å²) >= 11 is 0. The molecule has 0 atom stereocenters. The molecule has 0 unspecified atom stereocenters. The van der Waals surface area contributed by atoms with Crippen molar-refractivity contribution < 1.29 is 0 Å². The smallest absolute Gasteiger partial charge is 0.0709 e. The number of nitrogens with zero attached hydrogens (tertiary/aromatic N) is 2. The minimum absolute atomic E-state index is 0.571. The summed E-state index contributed by atoms with van der Waals surface area (Å²) in [5.74, 6) is 0.669. The number of aryl methyl sites for hydroxylation is 1. The lowest BCUT2D eigenvalue weighted by Gasteiger charge is -2.57. The van der Waals surface area contributed by atoms with Crippen molar-refractivity contribution in [1.29, 1.82) is 0 Å². The van der Waals surface area contributed by atoms with Crippen LogP contribution in [0, 0.1) is 18.3 Å². The Morgan fingerprint density at radius 3 is 2.64 bits per heavy atom. The van der Waals surface area contributed by atoms with Crippen molar-refractivity contribution in [2.24, 2.45) is 11.3 Å². The molecular weight excluding hydrogens is 270 g/mol. The molecule has 0 aliphatic carbocycles. The summed E-state index contributed by atoms with van der Waals surface area (Å²) in [7, 11) is 0. The zero-order valence-corrected chi connectivity index (χ0v) is 13.8. The number of pyridine rings is 1. The van der Waals surface area contributed by atoms with Crippen LogP contribution >= 0.6 is 0 Å². The van der Waals surface area contributed by atoms with Gasteiger partial charge in [-0.05, 0) is 49.1 Å². The quantitative estimate of drug-likeness (QED) is 0.943. The van der Waals surface area contributed by atoms with Crippen LogP contribution in [0.25, 0.3) is 10.9 Å². The molecule has 0 saturated carbocycles. The Labute approximate surface area is 132 Å². The third-order valence-corrected chi connectivity index (χ3v) is 5.05. The Morgan fingerprint density at radius 1 is 1.23 bits per heavy atom. The third kappa shape index (κ3) is 2.28. The molecule has 3 heterocycles. The zero-order chi connectivity index (χ0) is 15.3. The summed E-state index contributed by atoms with van der Waals surface area (Å²) in [5.41, 5.74) is 5.64. The predicted octanol–water partition coefficient (Wildman–Crippen LogP) is 3.15. The summed E-state index contributed by atoms with van der Waals surface area (Å²) in [6.07, 6.45) is 1.12. The maximum atomic E-state index is 4.72. The van der Waals surface area contributed by atoms with Crippen LogP contribution < -0.4 is 10.2 Å². The van der Waals surface area contributed by atoms with E-state index in [-0.39, 0.29) is 0 Å². The van der Waals surface area contributed by atoms with E-state index in [9.17, 15) is 0 Å². The zero-order valence-electron chi connectivity index (χ0n) is 13.8. The predicted molar refractivity (Wildman–Crippen MR) is 92.5 cm³/mol. The second kappa shape index (κ2) is 4.95. The van der Waals surface area contributed by atoms with Gasteiger partial charge in [0.1, 0.15) is 0 Å². The van der Waals surface area contributed by atoms with E-state index in [1.165, 1.54) is 42.8 Å². The van der Waals surface area contributed by atoms with Crippen molar-refractivity contribution in [1.82, 2.24) is 10.3 Å². The third-order valence-electron chi connectivity index (χ3n) is 5.05. The summed E-state index contributed by atoms with van der Waals surface area (Å²) < 4.78 is 0.